The Kier molecular flexibility index (Phi) is 5.32. The lowest BCUT2D eigenvalue weighted by Crippen LogP contribution is -2.17. The first-order valence-corrected chi connectivity index (χ1v) is 3.09. The maximum absolute atomic E-state index is 10.5. The Morgan fingerprint density at radius 2 is 2.00 bits per heavy atom. The molecule has 5 nitrogen and oxygen atoms in total. The highest BCUT2D eigenvalue weighted by atomic mass is 16.6. The summed E-state index contributed by atoms with van der Waals surface area (Å²) in [5, 5.41) is 17.0. The lowest BCUT2D eigenvalue weighted by Gasteiger charge is -2.06. The van der Waals surface area contributed by atoms with Crippen LogP contribution in [0, 0.1) is 5.92 Å². The first-order chi connectivity index (χ1) is 5.24. The normalized spacial score (nSPS) is 9.73. The topological polar surface area (TPSA) is 83.8 Å². The van der Waals surface area contributed by atoms with Crippen LogP contribution in [0.3, 0.4) is 0 Å². The van der Waals surface area contributed by atoms with Gasteiger partial charge in [-0.25, -0.2) is 0 Å². The fraction of sp³-hybridized carbons (Fsp3) is 0.667. The predicted octanol–water partition coefficient (Wildman–Crippen LogP) is -1.32. The third-order valence-electron chi connectivity index (χ3n) is 1.15. The van der Waals surface area contributed by atoms with E-state index in [4.69, 9.17) is 10.2 Å². The first-order valence-electron chi connectivity index (χ1n) is 3.09. The van der Waals surface area contributed by atoms with Crippen molar-refractivity contribution in [3.05, 3.63) is 0 Å². The van der Waals surface area contributed by atoms with Crippen LogP contribution in [0.25, 0.3) is 0 Å². The fourth-order valence-corrected chi connectivity index (χ4v) is 0.524. The molecule has 0 fully saturated rings. The lowest BCUT2D eigenvalue weighted by atomic mass is 10.1. The van der Waals surface area contributed by atoms with Gasteiger partial charge in [0.15, 0.2) is 0 Å². The van der Waals surface area contributed by atoms with E-state index in [0.717, 1.165) is 0 Å². The van der Waals surface area contributed by atoms with Gasteiger partial charge in [-0.1, -0.05) is 0 Å². The molecule has 11 heavy (non-hydrogen) atoms. The van der Waals surface area contributed by atoms with E-state index in [0.29, 0.717) is 0 Å². The van der Waals surface area contributed by atoms with Crippen molar-refractivity contribution in [3.8, 4) is 0 Å². The van der Waals surface area contributed by atoms with Gasteiger partial charge >= 0.3 is 12.4 Å². The van der Waals surface area contributed by atoms with E-state index in [9.17, 15) is 9.59 Å². The molecule has 0 aliphatic heterocycles. The molecule has 2 N–H and O–H groups in total. The van der Waals surface area contributed by atoms with Crippen molar-refractivity contribution in [2.45, 2.75) is 6.42 Å². The van der Waals surface area contributed by atoms with E-state index >= 15 is 0 Å². The highest BCUT2D eigenvalue weighted by Crippen LogP contribution is 2.01. The van der Waals surface area contributed by atoms with Gasteiger partial charge in [0.05, 0.1) is 6.42 Å². The molecule has 5 heteroatoms. The van der Waals surface area contributed by atoms with Crippen molar-refractivity contribution < 1.29 is 24.5 Å². The number of rotatable bonds is 5. The van der Waals surface area contributed by atoms with Crippen LogP contribution in [0.15, 0.2) is 0 Å². The maximum Gasteiger partial charge on any atom is 0.313 e. The molecule has 0 amide bonds. The summed E-state index contributed by atoms with van der Waals surface area (Å²) in [7, 11) is 0. The predicted molar refractivity (Wildman–Crippen MR) is 34.4 cm³/mol. The van der Waals surface area contributed by atoms with Gasteiger partial charge in [0.2, 0.25) is 0 Å². The average Bonchev–Trinajstić information content (AvgIpc) is 2.01. The van der Waals surface area contributed by atoms with Gasteiger partial charge in [-0.15, -0.1) is 0 Å². The van der Waals surface area contributed by atoms with Gasteiger partial charge < -0.3 is 14.9 Å². The fourth-order valence-electron chi connectivity index (χ4n) is 0.524. The highest BCUT2D eigenvalue weighted by molar-refractivity contribution is 5.76. The zero-order valence-corrected chi connectivity index (χ0v) is 5.90. The summed E-state index contributed by atoms with van der Waals surface area (Å²) in [6.45, 7) is -0.580. The molecule has 0 aromatic rings. The Balaban J connectivity index is 3.62. The Bertz CT molecular complexity index is 129. The second kappa shape index (κ2) is 5.82. The smallest absolute Gasteiger partial charge is 0.313 e. The molecule has 0 bridgehead atoms. The number of carbonyl (C=O) groups is 2. The average molecular weight is 162 g/mol. The second-order valence-electron chi connectivity index (χ2n) is 2.02. The number of ether oxygens (including phenoxy) is 1. The number of esters is 1. The van der Waals surface area contributed by atoms with Crippen molar-refractivity contribution in [3.63, 3.8) is 0 Å². The number of carbonyl (C=O) groups excluding carboxylic acids is 2. The standard InChI is InChI=1S/C6H10O5/c7-2-5(3-8)1-6(10)11-4-9/h4-5,7-8H,1-3H2. The van der Waals surface area contributed by atoms with Crippen molar-refractivity contribution in [2.75, 3.05) is 13.2 Å². The Hall–Kier alpha value is -0.940. The summed E-state index contributed by atoms with van der Waals surface area (Å²) in [4.78, 5) is 20.1. The van der Waals surface area contributed by atoms with Gasteiger partial charge in [0, 0.05) is 19.1 Å². The van der Waals surface area contributed by atoms with E-state index in [2.05, 4.69) is 4.74 Å². The van der Waals surface area contributed by atoms with E-state index in [1.54, 1.807) is 0 Å². The van der Waals surface area contributed by atoms with Crippen molar-refractivity contribution in [1.82, 2.24) is 0 Å². The number of hydrogen-bond acceptors (Lipinski definition) is 5. The van der Waals surface area contributed by atoms with Gasteiger partial charge in [0.1, 0.15) is 0 Å². The minimum absolute atomic E-state index is 0.0220. The van der Waals surface area contributed by atoms with E-state index in [1.807, 2.05) is 0 Å². The molecule has 64 valence electrons. The highest BCUT2D eigenvalue weighted by Gasteiger charge is 2.12. The van der Waals surface area contributed by atoms with Gasteiger partial charge in [-0.3, -0.25) is 9.59 Å². The molecule has 0 atom stereocenters. The molecule has 0 aromatic heterocycles. The molecule has 0 aliphatic carbocycles. The summed E-state index contributed by atoms with van der Waals surface area (Å²) in [5.41, 5.74) is 0. The van der Waals surface area contributed by atoms with Crippen LogP contribution in [0.4, 0.5) is 0 Å². The van der Waals surface area contributed by atoms with Crippen LogP contribution < -0.4 is 0 Å². The van der Waals surface area contributed by atoms with Crippen molar-refractivity contribution in [1.29, 1.82) is 0 Å². The molecular formula is C6H10O5. The van der Waals surface area contributed by atoms with Gasteiger partial charge in [-0.05, 0) is 0 Å². The van der Waals surface area contributed by atoms with E-state index in [1.165, 1.54) is 0 Å². The van der Waals surface area contributed by atoms with Crippen LogP contribution in [0.1, 0.15) is 6.42 Å². The maximum atomic E-state index is 10.5. The molecule has 0 spiro atoms. The monoisotopic (exact) mass is 162 g/mol. The minimum atomic E-state index is -0.743. The zero-order chi connectivity index (χ0) is 8.69. The molecule has 0 unspecified atom stereocenters. The number of aliphatic hydroxyl groups is 2. The third kappa shape index (κ3) is 4.46. The summed E-state index contributed by atoms with van der Waals surface area (Å²) < 4.78 is 3.93. The molecule has 0 heterocycles. The Morgan fingerprint density at radius 1 is 1.45 bits per heavy atom. The Labute approximate surface area is 63.6 Å². The molecule has 0 saturated heterocycles. The lowest BCUT2D eigenvalue weighted by molar-refractivity contribution is -0.152. The van der Waals surface area contributed by atoms with Crippen LogP contribution >= 0.6 is 0 Å². The summed E-state index contributed by atoms with van der Waals surface area (Å²) >= 11 is 0. The summed E-state index contributed by atoms with van der Waals surface area (Å²) in [6.07, 6.45) is -0.147. The van der Waals surface area contributed by atoms with E-state index in [-0.39, 0.29) is 26.1 Å². The van der Waals surface area contributed by atoms with Crippen molar-refractivity contribution >= 4 is 12.4 Å². The molecular weight excluding hydrogens is 152 g/mol. The molecule has 0 radical (unpaired) electrons. The molecule has 0 rings (SSSR count). The van der Waals surface area contributed by atoms with Crippen LogP contribution in [-0.2, 0) is 14.3 Å². The largest absolute Gasteiger partial charge is 0.396 e. The van der Waals surface area contributed by atoms with Crippen LogP contribution in [-0.4, -0.2) is 35.9 Å². The first kappa shape index (κ1) is 10.1. The SMILES string of the molecule is O=COC(=O)CC(CO)CO. The summed E-state index contributed by atoms with van der Waals surface area (Å²) in [5.74, 6) is -1.28. The van der Waals surface area contributed by atoms with Crippen molar-refractivity contribution in [2.24, 2.45) is 5.92 Å². The zero-order valence-electron chi connectivity index (χ0n) is 5.90. The van der Waals surface area contributed by atoms with Crippen LogP contribution in [0.2, 0.25) is 0 Å². The van der Waals surface area contributed by atoms with Gasteiger partial charge in [-0.2, -0.15) is 0 Å². The quantitative estimate of drug-likeness (QED) is 0.297. The number of hydrogen-bond donors (Lipinski definition) is 2. The molecule has 0 aliphatic rings. The Morgan fingerprint density at radius 3 is 2.36 bits per heavy atom. The number of aliphatic hydroxyl groups excluding tert-OH is 2. The third-order valence-corrected chi connectivity index (χ3v) is 1.15. The molecule has 0 saturated carbocycles. The van der Waals surface area contributed by atoms with Gasteiger partial charge in [0.25, 0.3) is 0 Å². The minimum Gasteiger partial charge on any atom is -0.396 e. The van der Waals surface area contributed by atoms with Crippen LogP contribution in [0.5, 0.6) is 0 Å². The molecule has 0 aromatic carbocycles. The van der Waals surface area contributed by atoms with E-state index < -0.39 is 11.9 Å². The summed E-state index contributed by atoms with van der Waals surface area (Å²) in [6, 6.07) is 0. The second-order valence-corrected chi connectivity index (χ2v) is 2.02.